The van der Waals surface area contributed by atoms with E-state index in [9.17, 15) is 0 Å². The standard InChI is InChI=1S/C16H15N9/c1-12-18-20-22-24(12)15-9-5-6-13(10-15)17-11-16-19-21-23-25(16)14-7-3-2-4-8-14/h2-10,17H,11H2,1H3. The van der Waals surface area contributed by atoms with Gasteiger partial charge in [0.1, 0.15) is 0 Å². The minimum atomic E-state index is 0.486. The molecule has 0 spiro atoms. The second-order valence-corrected chi connectivity index (χ2v) is 5.38. The number of rotatable bonds is 5. The maximum absolute atomic E-state index is 4.10. The van der Waals surface area contributed by atoms with Crippen molar-refractivity contribution in [1.29, 1.82) is 0 Å². The van der Waals surface area contributed by atoms with E-state index < -0.39 is 0 Å². The highest BCUT2D eigenvalue weighted by Crippen LogP contribution is 2.16. The second-order valence-electron chi connectivity index (χ2n) is 5.38. The van der Waals surface area contributed by atoms with Crippen molar-refractivity contribution in [2.45, 2.75) is 13.5 Å². The third-order valence-electron chi connectivity index (χ3n) is 3.70. The summed E-state index contributed by atoms with van der Waals surface area (Å²) < 4.78 is 3.39. The summed E-state index contributed by atoms with van der Waals surface area (Å²) in [6.07, 6.45) is 0. The molecule has 2 aromatic heterocycles. The zero-order chi connectivity index (χ0) is 17.1. The molecule has 0 amide bonds. The molecule has 4 rings (SSSR count). The van der Waals surface area contributed by atoms with Crippen molar-refractivity contribution < 1.29 is 0 Å². The van der Waals surface area contributed by atoms with Crippen molar-refractivity contribution in [2.24, 2.45) is 0 Å². The van der Waals surface area contributed by atoms with Crippen LogP contribution >= 0.6 is 0 Å². The Hall–Kier alpha value is -3.62. The van der Waals surface area contributed by atoms with Crippen LogP contribution in [-0.4, -0.2) is 40.4 Å². The Morgan fingerprint density at radius 2 is 1.60 bits per heavy atom. The Balaban J connectivity index is 1.53. The van der Waals surface area contributed by atoms with Gasteiger partial charge in [-0.05, 0) is 58.1 Å². The monoisotopic (exact) mass is 333 g/mol. The molecule has 4 aromatic rings. The van der Waals surface area contributed by atoms with Gasteiger partial charge in [0.05, 0.1) is 17.9 Å². The predicted octanol–water partition coefficient (Wildman–Crippen LogP) is 1.56. The normalized spacial score (nSPS) is 10.8. The Labute approximate surface area is 143 Å². The van der Waals surface area contributed by atoms with E-state index in [1.807, 2.05) is 61.5 Å². The van der Waals surface area contributed by atoms with Crippen LogP contribution in [0.5, 0.6) is 0 Å². The molecule has 9 heteroatoms. The largest absolute Gasteiger partial charge is 0.378 e. The molecule has 2 heterocycles. The van der Waals surface area contributed by atoms with E-state index in [-0.39, 0.29) is 0 Å². The number of para-hydroxylation sites is 1. The fraction of sp³-hybridized carbons (Fsp3) is 0.125. The summed E-state index contributed by atoms with van der Waals surface area (Å²) in [4.78, 5) is 0. The van der Waals surface area contributed by atoms with Crippen molar-refractivity contribution in [3.8, 4) is 11.4 Å². The van der Waals surface area contributed by atoms with Gasteiger partial charge in [0.2, 0.25) is 0 Å². The third kappa shape index (κ3) is 3.07. The van der Waals surface area contributed by atoms with Crippen molar-refractivity contribution in [3.63, 3.8) is 0 Å². The highest BCUT2D eigenvalue weighted by Gasteiger charge is 2.08. The maximum atomic E-state index is 4.10. The number of aryl methyl sites for hydroxylation is 1. The molecule has 0 aliphatic heterocycles. The number of aromatic nitrogens is 8. The molecule has 1 N–H and O–H groups in total. The average Bonchev–Trinajstić information content (AvgIpc) is 3.30. The van der Waals surface area contributed by atoms with Gasteiger partial charge in [-0.2, -0.15) is 9.36 Å². The van der Waals surface area contributed by atoms with Crippen LogP contribution in [-0.2, 0) is 6.54 Å². The van der Waals surface area contributed by atoms with E-state index >= 15 is 0 Å². The van der Waals surface area contributed by atoms with E-state index in [1.54, 1.807) is 9.36 Å². The number of nitrogens with one attached hydrogen (secondary N) is 1. The van der Waals surface area contributed by atoms with Crippen LogP contribution in [0, 0.1) is 6.92 Å². The minimum absolute atomic E-state index is 0.486. The van der Waals surface area contributed by atoms with Crippen LogP contribution in [0.1, 0.15) is 11.6 Å². The SMILES string of the molecule is Cc1nnnn1-c1cccc(NCc2nnnn2-c2ccccc2)c1. The molecular formula is C16H15N9. The van der Waals surface area contributed by atoms with Crippen LogP contribution in [0.2, 0.25) is 0 Å². The molecule has 0 aliphatic carbocycles. The molecule has 0 unspecified atom stereocenters. The van der Waals surface area contributed by atoms with Crippen molar-refractivity contribution in [1.82, 2.24) is 40.4 Å². The van der Waals surface area contributed by atoms with Crippen molar-refractivity contribution >= 4 is 5.69 Å². The lowest BCUT2D eigenvalue weighted by Gasteiger charge is -2.09. The predicted molar refractivity (Wildman–Crippen MR) is 90.4 cm³/mol. The summed E-state index contributed by atoms with van der Waals surface area (Å²) in [5, 5.41) is 26.8. The first kappa shape index (κ1) is 14.9. The van der Waals surface area contributed by atoms with E-state index in [2.05, 4.69) is 36.4 Å². The number of hydrogen-bond acceptors (Lipinski definition) is 7. The van der Waals surface area contributed by atoms with E-state index in [4.69, 9.17) is 0 Å². The fourth-order valence-electron chi connectivity index (χ4n) is 2.48. The van der Waals surface area contributed by atoms with Crippen molar-refractivity contribution in [3.05, 3.63) is 66.2 Å². The van der Waals surface area contributed by atoms with Gasteiger partial charge in [0.25, 0.3) is 0 Å². The van der Waals surface area contributed by atoms with Gasteiger partial charge in [-0.15, -0.1) is 10.2 Å². The molecule has 9 nitrogen and oxygen atoms in total. The first-order chi connectivity index (χ1) is 12.3. The number of benzene rings is 2. The summed E-state index contributed by atoms with van der Waals surface area (Å²) in [6, 6.07) is 17.6. The number of hydrogen-bond donors (Lipinski definition) is 1. The number of nitrogens with zero attached hydrogens (tertiary/aromatic N) is 8. The number of tetrazole rings is 2. The smallest absolute Gasteiger partial charge is 0.175 e. The third-order valence-corrected chi connectivity index (χ3v) is 3.70. The van der Waals surface area contributed by atoms with Gasteiger partial charge in [-0.25, -0.2) is 0 Å². The summed E-state index contributed by atoms with van der Waals surface area (Å²) in [6.45, 7) is 2.34. The van der Waals surface area contributed by atoms with E-state index in [0.717, 1.165) is 28.7 Å². The highest BCUT2D eigenvalue weighted by molar-refractivity contribution is 5.51. The molecule has 0 aliphatic rings. The van der Waals surface area contributed by atoms with Gasteiger partial charge in [0, 0.05) is 5.69 Å². The Morgan fingerprint density at radius 3 is 2.40 bits per heavy atom. The Bertz CT molecular complexity index is 974. The van der Waals surface area contributed by atoms with Crippen LogP contribution < -0.4 is 5.32 Å². The molecular weight excluding hydrogens is 318 g/mol. The van der Waals surface area contributed by atoms with Crippen LogP contribution in [0.25, 0.3) is 11.4 Å². The maximum Gasteiger partial charge on any atom is 0.175 e. The summed E-state index contributed by atoms with van der Waals surface area (Å²) in [5.74, 6) is 1.44. The van der Waals surface area contributed by atoms with E-state index in [1.165, 1.54) is 0 Å². The highest BCUT2D eigenvalue weighted by atomic mass is 15.5. The Kier molecular flexibility index (Phi) is 3.87. The van der Waals surface area contributed by atoms with Gasteiger partial charge in [-0.3, -0.25) is 0 Å². The lowest BCUT2D eigenvalue weighted by Crippen LogP contribution is -2.09. The molecule has 124 valence electrons. The second kappa shape index (κ2) is 6.48. The van der Waals surface area contributed by atoms with Gasteiger partial charge in [-0.1, -0.05) is 24.3 Å². The lowest BCUT2D eigenvalue weighted by atomic mass is 10.2. The first-order valence-electron chi connectivity index (χ1n) is 7.73. The molecule has 0 saturated heterocycles. The summed E-state index contributed by atoms with van der Waals surface area (Å²) >= 11 is 0. The van der Waals surface area contributed by atoms with Gasteiger partial charge >= 0.3 is 0 Å². The molecule has 0 saturated carbocycles. The first-order valence-corrected chi connectivity index (χ1v) is 7.73. The van der Waals surface area contributed by atoms with Crippen molar-refractivity contribution in [2.75, 3.05) is 5.32 Å². The van der Waals surface area contributed by atoms with E-state index in [0.29, 0.717) is 6.54 Å². The topological polar surface area (TPSA) is 99.2 Å². The zero-order valence-electron chi connectivity index (χ0n) is 13.5. The van der Waals surface area contributed by atoms with Crippen LogP contribution in [0.3, 0.4) is 0 Å². The lowest BCUT2D eigenvalue weighted by molar-refractivity contribution is 0.767. The molecule has 25 heavy (non-hydrogen) atoms. The molecule has 0 atom stereocenters. The van der Waals surface area contributed by atoms with Crippen LogP contribution in [0.4, 0.5) is 5.69 Å². The summed E-state index contributed by atoms with van der Waals surface area (Å²) in [7, 11) is 0. The average molecular weight is 333 g/mol. The molecule has 0 radical (unpaired) electrons. The minimum Gasteiger partial charge on any atom is -0.378 e. The molecule has 0 bridgehead atoms. The quantitative estimate of drug-likeness (QED) is 0.591. The fourth-order valence-corrected chi connectivity index (χ4v) is 2.48. The number of anilines is 1. The molecule has 2 aromatic carbocycles. The molecule has 0 fully saturated rings. The van der Waals surface area contributed by atoms with Gasteiger partial charge in [0.15, 0.2) is 11.6 Å². The zero-order valence-corrected chi connectivity index (χ0v) is 13.5. The summed E-state index contributed by atoms with van der Waals surface area (Å²) in [5.41, 5.74) is 2.73. The Morgan fingerprint density at radius 1 is 0.840 bits per heavy atom. The van der Waals surface area contributed by atoms with Gasteiger partial charge < -0.3 is 5.32 Å². The van der Waals surface area contributed by atoms with Crippen LogP contribution in [0.15, 0.2) is 54.6 Å².